The van der Waals surface area contributed by atoms with Gasteiger partial charge in [0.25, 0.3) is 0 Å². The molecule has 0 aliphatic carbocycles. The molecule has 0 bridgehead atoms. The van der Waals surface area contributed by atoms with Gasteiger partial charge in [-0.3, -0.25) is 58.0 Å². The predicted octanol–water partition coefficient (Wildman–Crippen LogP) is -4.23. The Morgan fingerprint density at radius 2 is 0.434 bits per heavy atom. The van der Waals surface area contributed by atoms with E-state index in [1.807, 2.05) is 0 Å². The van der Waals surface area contributed by atoms with Crippen LogP contribution in [0.25, 0.3) is 0 Å². The van der Waals surface area contributed by atoms with Gasteiger partial charge in [0.05, 0.1) is 105 Å². The summed E-state index contributed by atoms with van der Waals surface area (Å²) in [6.07, 6.45) is 0. The van der Waals surface area contributed by atoms with Gasteiger partial charge in [0, 0.05) is 26.2 Å². The molecule has 0 heterocycles. The summed E-state index contributed by atoms with van der Waals surface area (Å²) >= 11 is 0. The van der Waals surface area contributed by atoms with Crippen LogP contribution in [0.3, 0.4) is 0 Å². The molecule has 0 unspecified atom stereocenters. The Hall–Kier alpha value is -3.30. The zero-order valence-electron chi connectivity index (χ0n) is 31.1. The van der Waals surface area contributed by atoms with Crippen LogP contribution in [0.15, 0.2) is 0 Å². The van der Waals surface area contributed by atoms with Crippen LogP contribution in [0, 0.1) is 0 Å². The Morgan fingerprint density at radius 3 is 0.547 bits per heavy atom. The zero-order chi connectivity index (χ0) is 39.9. The molecule has 0 saturated heterocycles. The summed E-state index contributed by atoms with van der Waals surface area (Å²) in [6, 6.07) is 0. The maximum Gasteiger partial charge on any atom is 2.00 e. The van der Waals surface area contributed by atoms with Crippen molar-refractivity contribution >= 4 is 85.5 Å². The largest absolute Gasteiger partial charge is 2.00 e. The minimum absolute atomic E-state index is 0. The molecule has 25 heteroatoms. The molecule has 53 heavy (non-hydrogen) atoms. The smallest absolute Gasteiger partial charge is 1.00 e. The summed E-state index contributed by atoms with van der Waals surface area (Å²) in [7, 11) is 0. The molecule has 0 aliphatic heterocycles. The molecular formula is C28H50CaN4O20. The van der Waals surface area contributed by atoms with E-state index >= 15 is 0 Å². The van der Waals surface area contributed by atoms with E-state index in [4.69, 9.17) is 59.8 Å². The van der Waals surface area contributed by atoms with E-state index in [-0.39, 0.29) is 120 Å². The van der Waals surface area contributed by atoms with Crippen LogP contribution in [0.4, 0.5) is 0 Å². The van der Waals surface area contributed by atoms with Gasteiger partial charge in [-0.15, -0.1) is 0 Å². The van der Waals surface area contributed by atoms with Crippen molar-refractivity contribution in [2.45, 2.75) is 0 Å². The second-order valence-corrected chi connectivity index (χ2v) is 10.4. The average Bonchev–Trinajstić information content (AvgIpc) is 2.97. The van der Waals surface area contributed by atoms with E-state index in [0.717, 1.165) is 0 Å². The van der Waals surface area contributed by atoms with Crippen LogP contribution in [-0.2, 0) is 57.3 Å². The summed E-state index contributed by atoms with van der Waals surface area (Å²) < 4.78 is 20.8. The molecule has 0 fully saturated rings. The fourth-order valence-corrected chi connectivity index (χ4v) is 3.80. The normalized spacial score (nSPS) is 10.8. The Bertz CT molecular complexity index is 897. The summed E-state index contributed by atoms with van der Waals surface area (Å²) in [6.45, 7) is -1.58. The van der Waals surface area contributed by atoms with E-state index in [1.54, 1.807) is 0 Å². The molecule has 0 radical (unpaired) electrons. The predicted molar refractivity (Wildman–Crippen MR) is 178 cm³/mol. The molecule has 0 spiro atoms. The van der Waals surface area contributed by atoms with E-state index < -0.39 is 100 Å². The molecule has 8 N–H and O–H groups in total. The molecule has 0 aromatic heterocycles. The third kappa shape index (κ3) is 41.3. The third-order valence-corrected chi connectivity index (χ3v) is 5.82. The quantitative estimate of drug-likeness (QED) is 0.0226. The van der Waals surface area contributed by atoms with Gasteiger partial charge in [-0.1, -0.05) is 0 Å². The standard InChI is InChI=1S/2C14H24N2O10.Ca.2H/c2*17-11(18)7-15(8-12(19)20)1-3-25-5-6-26-4-2-16(9-13(21)22)10-14(23)24;;;/h2*1-10H2,(H,17,18)(H,19,20)(H,21,22)(H,23,24);;;/q;;+2;2*-1. The first-order valence-corrected chi connectivity index (χ1v) is 15.4. The number of nitrogens with zero attached hydrogens (tertiary/aromatic N) is 4. The van der Waals surface area contributed by atoms with Crippen LogP contribution in [0.5, 0.6) is 0 Å². The molecule has 0 atom stereocenters. The van der Waals surface area contributed by atoms with Crippen LogP contribution < -0.4 is 0 Å². The molecular weight excluding hydrogens is 752 g/mol. The Morgan fingerprint density at radius 1 is 0.302 bits per heavy atom. The van der Waals surface area contributed by atoms with Crippen LogP contribution in [0.2, 0.25) is 0 Å². The Kier molecular flexibility index (Phi) is 35.1. The van der Waals surface area contributed by atoms with E-state index in [9.17, 15) is 38.4 Å². The van der Waals surface area contributed by atoms with Crippen molar-refractivity contribution in [2.75, 3.05) is 131 Å². The number of ether oxygens (including phenoxy) is 4. The molecule has 304 valence electrons. The minimum atomic E-state index is -1.14. The molecule has 0 aromatic rings. The van der Waals surface area contributed by atoms with E-state index in [2.05, 4.69) is 0 Å². The van der Waals surface area contributed by atoms with E-state index in [0.29, 0.717) is 0 Å². The first-order chi connectivity index (χ1) is 24.4. The summed E-state index contributed by atoms with van der Waals surface area (Å²) in [5, 5.41) is 69.4. The van der Waals surface area contributed by atoms with Crippen molar-refractivity contribution < 1.29 is 101 Å². The van der Waals surface area contributed by atoms with Crippen LogP contribution >= 0.6 is 0 Å². The fraction of sp³-hybridized carbons (Fsp3) is 0.714. The first kappa shape index (κ1) is 54.0. The monoisotopic (exact) mass is 802 g/mol. The number of rotatable bonds is 34. The first-order valence-electron chi connectivity index (χ1n) is 15.4. The van der Waals surface area contributed by atoms with Crippen molar-refractivity contribution in [1.82, 2.24) is 19.6 Å². The minimum Gasteiger partial charge on any atom is -1.00 e. The van der Waals surface area contributed by atoms with Gasteiger partial charge < -0.3 is 62.7 Å². The van der Waals surface area contributed by atoms with Crippen molar-refractivity contribution in [1.29, 1.82) is 0 Å². The zero-order valence-corrected chi connectivity index (χ0v) is 31.3. The number of carbonyl (C=O) groups is 8. The maximum atomic E-state index is 10.6. The molecule has 24 nitrogen and oxygen atoms in total. The Labute approximate surface area is 336 Å². The molecule has 0 aromatic carbocycles. The van der Waals surface area contributed by atoms with Gasteiger partial charge >= 0.3 is 85.5 Å². The van der Waals surface area contributed by atoms with Crippen molar-refractivity contribution in [3.8, 4) is 0 Å². The van der Waals surface area contributed by atoms with Gasteiger partial charge in [-0.05, 0) is 0 Å². The summed E-state index contributed by atoms with van der Waals surface area (Å²) in [5.41, 5.74) is 0. The van der Waals surface area contributed by atoms with Gasteiger partial charge in [-0.2, -0.15) is 0 Å². The van der Waals surface area contributed by atoms with Crippen LogP contribution in [-0.4, -0.2) is 277 Å². The van der Waals surface area contributed by atoms with Gasteiger partial charge in [0.2, 0.25) is 0 Å². The number of carboxylic acids is 8. The van der Waals surface area contributed by atoms with Crippen molar-refractivity contribution in [3.05, 3.63) is 0 Å². The SMILES string of the molecule is O=C(O)CN(CCOCCOCCN(CC(=O)O)CC(=O)O)CC(=O)O.O=C(O)CN(CCOCCOCCN(CC(=O)O)CC(=O)O)CC(=O)O.[Ca+2].[H-].[H-]. The summed E-state index contributed by atoms with van der Waals surface area (Å²) in [5.74, 6) is -9.10. The number of aliphatic carboxylic acids is 8. The molecule has 0 amide bonds. The number of carboxylic acid groups (broad SMARTS) is 8. The number of hydrogen-bond acceptors (Lipinski definition) is 16. The van der Waals surface area contributed by atoms with Crippen molar-refractivity contribution in [3.63, 3.8) is 0 Å². The third-order valence-electron chi connectivity index (χ3n) is 5.82. The average molecular weight is 803 g/mol. The second-order valence-electron chi connectivity index (χ2n) is 10.4. The topological polar surface area (TPSA) is 348 Å². The van der Waals surface area contributed by atoms with Crippen molar-refractivity contribution in [2.24, 2.45) is 0 Å². The molecule has 0 rings (SSSR count). The number of hydrogen-bond donors (Lipinski definition) is 8. The van der Waals surface area contributed by atoms with Gasteiger partial charge in [-0.25, -0.2) is 0 Å². The fourth-order valence-electron chi connectivity index (χ4n) is 3.80. The maximum absolute atomic E-state index is 10.6. The van der Waals surface area contributed by atoms with E-state index in [1.165, 1.54) is 19.6 Å². The molecule has 0 saturated carbocycles. The summed E-state index contributed by atoms with van der Waals surface area (Å²) in [4.78, 5) is 89.8. The van der Waals surface area contributed by atoms with Gasteiger partial charge in [0.1, 0.15) is 0 Å². The molecule has 0 aliphatic rings. The second kappa shape index (κ2) is 34.5. The Balaban J connectivity index is -0.000000287. The van der Waals surface area contributed by atoms with Gasteiger partial charge in [0.15, 0.2) is 0 Å². The van der Waals surface area contributed by atoms with Crippen LogP contribution in [0.1, 0.15) is 2.85 Å².